The van der Waals surface area contributed by atoms with E-state index in [0.29, 0.717) is 24.1 Å². The van der Waals surface area contributed by atoms with Gasteiger partial charge in [0.15, 0.2) is 0 Å². The summed E-state index contributed by atoms with van der Waals surface area (Å²) < 4.78 is 41.2. The second-order valence-corrected chi connectivity index (χ2v) is 10.1. The molecule has 0 bridgehead atoms. The zero-order chi connectivity index (χ0) is 27.3. The van der Waals surface area contributed by atoms with Crippen molar-refractivity contribution in [1.82, 2.24) is 25.9 Å². The Kier molecular flexibility index (Phi) is 8.70. The fourth-order valence-electron chi connectivity index (χ4n) is 4.84. The lowest BCUT2D eigenvalue weighted by atomic mass is 10.0. The van der Waals surface area contributed by atoms with E-state index in [4.69, 9.17) is 0 Å². The van der Waals surface area contributed by atoms with Crippen molar-refractivity contribution < 1.29 is 22.8 Å². The van der Waals surface area contributed by atoms with Gasteiger partial charge in [-0.05, 0) is 76.9 Å². The van der Waals surface area contributed by atoms with Crippen LogP contribution in [0.3, 0.4) is 0 Å². The van der Waals surface area contributed by atoms with E-state index in [1.54, 1.807) is 24.3 Å². The topological polar surface area (TPSA) is 120 Å². The maximum atomic E-state index is 13.7. The van der Waals surface area contributed by atoms with Gasteiger partial charge in [0, 0.05) is 35.6 Å². The van der Waals surface area contributed by atoms with E-state index in [0.717, 1.165) is 38.5 Å². The first kappa shape index (κ1) is 27.6. The molecule has 1 aliphatic heterocycles. The highest BCUT2D eigenvalue weighted by Crippen LogP contribution is 2.36. The third kappa shape index (κ3) is 7.12. The summed E-state index contributed by atoms with van der Waals surface area (Å²) in [7, 11) is 0. The van der Waals surface area contributed by atoms with Crippen LogP contribution in [0.2, 0.25) is 0 Å². The van der Waals surface area contributed by atoms with Crippen molar-refractivity contribution in [3.63, 3.8) is 0 Å². The first-order chi connectivity index (χ1) is 18.1. The molecule has 2 atom stereocenters. The van der Waals surface area contributed by atoms with E-state index in [9.17, 15) is 22.8 Å². The van der Waals surface area contributed by atoms with Crippen LogP contribution in [0, 0.1) is 5.92 Å². The highest BCUT2D eigenvalue weighted by atomic mass is 19.4. The maximum Gasteiger partial charge on any atom is 0.421 e. The first-order valence-electron chi connectivity index (χ1n) is 13.0. The third-order valence-corrected chi connectivity index (χ3v) is 6.78. The number of hydrogen-bond donors (Lipinski definition) is 5. The summed E-state index contributed by atoms with van der Waals surface area (Å²) in [6.45, 7) is 5.41. The normalized spacial score (nSPS) is 20.3. The molecule has 1 saturated heterocycles. The predicted molar refractivity (Wildman–Crippen MR) is 138 cm³/mol. The van der Waals surface area contributed by atoms with Crippen LogP contribution >= 0.6 is 0 Å². The van der Waals surface area contributed by atoms with Gasteiger partial charge < -0.3 is 26.6 Å². The smallest absolute Gasteiger partial charge is 0.366 e. The molecule has 1 aliphatic carbocycles. The van der Waals surface area contributed by atoms with Gasteiger partial charge in [-0.1, -0.05) is 6.42 Å². The Morgan fingerprint density at radius 3 is 2.42 bits per heavy atom. The molecule has 0 spiro atoms. The molecule has 38 heavy (non-hydrogen) atoms. The van der Waals surface area contributed by atoms with Crippen molar-refractivity contribution in [2.45, 2.75) is 70.3 Å². The standard InChI is InChI=1S/C26H34F3N7O2/c1-15(2)32-24(38)19-4-3-5-21(19)35-22-20(26(27,28)29)14-31-25(36-22)34-17-8-6-16(7-9-17)23(37)33-18-10-12-30-13-11-18/h6-9,14-15,18-19,21,30H,3-5,10-13H2,1-2H3,(H,32,38)(H,33,37)(H2,31,34,35,36). The fourth-order valence-corrected chi connectivity index (χ4v) is 4.84. The number of halogens is 3. The fraction of sp³-hybridized carbons (Fsp3) is 0.538. The SMILES string of the molecule is CC(C)NC(=O)C1CCCC1Nc1nc(Nc2ccc(C(=O)NC3CCNCC3)cc2)ncc1C(F)(F)F. The summed E-state index contributed by atoms with van der Waals surface area (Å²) >= 11 is 0. The third-order valence-electron chi connectivity index (χ3n) is 6.78. The lowest BCUT2D eigenvalue weighted by molar-refractivity contribution is -0.137. The molecule has 5 N–H and O–H groups in total. The van der Waals surface area contributed by atoms with Crippen LogP contribution in [0.15, 0.2) is 30.5 Å². The van der Waals surface area contributed by atoms with Gasteiger partial charge in [-0.15, -0.1) is 0 Å². The van der Waals surface area contributed by atoms with E-state index in [-0.39, 0.29) is 35.7 Å². The lowest BCUT2D eigenvalue weighted by Crippen LogP contribution is -2.42. The summed E-state index contributed by atoms with van der Waals surface area (Å²) in [5.41, 5.74) is 0.00352. The number of anilines is 3. The highest BCUT2D eigenvalue weighted by molar-refractivity contribution is 5.94. The summed E-state index contributed by atoms with van der Waals surface area (Å²) in [6, 6.07) is 6.16. The maximum absolute atomic E-state index is 13.7. The summed E-state index contributed by atoms with van der Waals surface area (Å²) in [6.07, 6.45) is -0.321. The van der Waals surface area contributed by atoms with Crippen molar-refractivity contribution in [2.75, 3.05) is 23.7 Å². The lowest BCUT2D eigenvalue weighted by Gasteiger charge is -2.24. The van der Waals surface area contributed by atoms with E-state index in [1.165, 1.54) is 0 Å². The van der Waals surface area contributed by atoms with Crippen LogP contribution in [0.1, 0.15) is 61.9 Å². The van der Waals surface area contributed by atoms with Crippen LogP contribution in [0.5, 0.6) is 0 Å². The monoisotopic (exact) mass is 533 g/mol. The van der Waals surface area contributed by atoms with Gasteiger partial charge in [0.2, 0.25) is 11.9 Å². The number of carbonyl (C=O) groups excluding carboxylic acids is 2. The number of rotatable bonds is 8. The molecule has 2 aromatic rings. The summed E-state index contributed by atoms with van der Waals surface area (Å²) in [5, 5.41) is 14.9. The largest absolute Gasteiger partial charge is 0.421 e. The van der Waals surface area contributed by atoms with Crippen LogP contribution in [0.25, 0.3) is 0 Å². The Morgan fingerprint density at radius 2 is 1.76 bits per heavy atom. The average molecular weight is 534 g/mol. The molecule has 2 unspecified atom stereocenters. The molecule has 2 aliphatic rings. The van der Waals surface area contributed by atoms with E-state index >= 15 is 0 Å². The number of nitrogens with one attached hydrogen (secondary N) is 5. The van der Waals surface area contributed by atoms with Crippen molar-refractivity contribution in [1.29, 1.82) is 0 Å². The molecule has 0 radical (unpaired) electrons. The molecular weight excluding hydrogens is 499 g/mol. The molecule has 4 rings (SSSR count). The van der Waals surface area contributed by atoms with Crippen LogP contribution < -0.4 is 26.6 Å². The summed E-state index contributed by atoms with van der Waals surface area (Å²) in [5.74, 6) is -1.21. The second-order valence-electron chi connectivity index (χ2n) is 10.1. The number of carbonyl (C=O) groups is 2. The molecular formula is C26H34F3N7O2. The molecule has 1 saturated carbocycles. The molecule has 1 aromatic carbocycles. The predicted octanol–water partition coefficient (Wildman–Crippen LogP) is 3.83. The van der Waals surface area contributed by atoms with E-state index in [2.05, 4.69) is 36.6 Å². The van der Waals surface area contributed by atoms with Crippen LogP contribution in [-0.2, 0) is 11.0 Å². The Labute approximate surface area is 219 Å². The molecule has 12 heteroatoms. The summed E-state index contributed by atoms with van der Waals surface area (Å²) in [4.78, 5) is 33.1. The van der Waals surface area contributed by atoms with Gasteiger partial charge in [-0.2, -0.15) is 18.2 Å². The minimum absolute atomic E-state index is 0.0337. The quantitative estimate of drug-likeness (QED) is 0.350. The number of piperidine rings is 1. The van der Waals surface area contributed by atoms with Gasteiger partial charge in [0.05, 0.1) is 5.92 Å². The first-order valence-corrected chi connectivity index (χ1v) is 13.0. The van der Waals surface area contributed by atoms with Gasteiger partial charge in [0.1, 0.15) is 11.4 Å². The second kappa shape index (κ2) is 12.0. The zero-order valence-electron chi connectivity index (χ0n) is 21.5. The zero-order valence-corrected chi connectivity index (χ0v) is 21.5. The Hall–Kier alpha value is -3.41. The number of amides is 2. The average Bonchev–Trinajstić information content (AvgIpc) is 3.32. The number of aromatic nitrogens is 2. The van der Waals surface area contributed by atoms with Crippen LogP contribution in [0.4, 0.5) is 30.6 Å². The van der Waals surface area contributed by atoms with Gasteiger partial charge >= 0.3 is 6.18 Å². The number of benzene rings is 1. The molecule has 2 heterocycles. The minimum atomic E-state index is -4.67. The van der Waals surface area contributed by atoms with Gasteiger partial charge in [-0.3, -0.25) is 9.59 Å². The molecule has 206 valence electrons. The van der Waals surface area contributed by atoms with Gasteiger partial charge in [-0.25, -0.2) is 4.98 Å². The van der Waals surface area contributed by atoms with Crippen molar-refractivity contribution >= 4 is 29.3 Å². The molecule has 2 amide bonds. The minimum Gasteiger partial charge on any atom is -0.366 e. The number of alkyl halides is 3. The van der Waals surface area contributed by atoms with Crippen LogP contribution in [-0.4, -0.2) is 53.0 Å². The molecule has 2 fully saturated rings. The van der Waals surface area contributed by atoms with E-state index in [1.807, 2.05) is 13.8 Å². The van der Waals surface area contributed by atoms with E-state index < -0.39 is 23.7 Å². The number of hydrogen-bond acceptors (Lipinski definition) is 7. The molecule has 9 nitrogen and oxygen atoms in total. The van der Waals surface area contributed by atoms with Gasteiger partial charge in [0.25, 0.3) is 5.91 Å². The van der Waals surface area contributed by atoms with Crippen molar-refractivity contribution in [3.05, 3.63) is 41.6 Å². The molecule has 1 aromatic heterocycles. The Balaban J connectivity index is 1.47. The number of nitrogens with zero attached hydrogens (tertiary/aromatic N) is 2. The highest BCUT2D eigenvalue weighted by Gasteiger charge is 2.39. The van der Waals surface area contributed by atoms with Crippen molar-refractivity contribution in [2.24, 2.45) is 5.92 Å². The van der Waals surface area contributed by atoms with Crippen molar-refractivity contribution in [3.8, 4) is 0 Å². The Bertz CT molecular complexity index is 1120. The Morgan fingerprint density at radius 1 is 1.05 bits per heavy atom.